The van der Waals surface area contributed by atoms with Crippen LogP contribution in [0.2, 0.25) is 0 Å². The highest BCUT2D eigenvalue weighted by molar-refractivity contribution is 7.98. The molecule has 90 valence electrons. The maximum absolute atomic E-state index is 11.2. The summed E-state index contributed by atoms with van der Waals surface area (Å²) in [6.45, 7) is 4.08. The number of thiophene rings is 1. The topological polar surface area (TPSA) is 26.3 Å². The quantitative estimate of drug-likeness (QED) is 0.732. The Morgan fingerprint density at radius 2 is 2.19 bits per heavy atom. The Morgan fingerprint density at radius 3 is 2.75 bits per heavy atom. The van der Waals surface area contributed by atoms with Crippen LogP contribution in [0.4, 0.5) is 0 Å². The number of methoxy groups -OCH3 is 1. The molecule has 1 aromatic heterocycles. The van der Waals surface area contributed by atoms with Gasteiger partial charge in [0.1, 0.15) is 0 Å². The van der Waals surface area contributed by atoms with Gasteiger partial charge in [0, 0.05) is 21.3 Å². The minimum Gasteiger partial charge on any atom is -0.469 e. The second kappa shape index (κ2) is 6.97. The minimum absolute atomic E-state index is 0.0133. The van der Waals surface area contributed by atoms with Crippen molar-refractivity contribution in [2.75, 3.05) is 12.9 Å². The molecule has 1 heterocycles. The summed E-state index contributed by atoms with van der Waals surface area (Å²) in [5.41, 5.74) is 0. The van der Waals surface area contributed by atoms with Crippen molar-refractivity contribution >= 4 is 29.1 Å². The first-order valence-corrected chi connectivity index (χ1v) is 7.37. The molecule has 1 unspecified atom stereocenters. The third-order valence-electron chi connectivity index (χ3n) is 2.28. The second-order valence-corrected chi connectivity index (χ2v) is 5.94. The van der Waals surface area contributed by atoms with Gasteiger partial charge < -0.3 is 4.74 Å². The molecule has 0 amide bonds. The van der Waals surface area contributed by atoms with Crippen molar-refractivity contribution in [2.45, 2.75) is 26.0 Å². The highest BCUT2D eigenvalue weighted by Crippen LogP contribution is 2.23. The van der Waals surface area contributed by atoms with Gasteiger partial charge in [-0.3, -0.25) is 4.79 Å². The second-order valence-electron chi connectivity index (χ2n) is 3.66. The number of thioether (sulfide) groups is 1. The molecule has 1 aromatic rings. The lowest BCUT2D eigenvalue weighted by Gasteiger charge is -2.07. The molecule has 0 aliphatic rings. The standard InChI is InChI=1S/C12H18O2S2/c1-4-10-5-6-11(16-10)8-15-7-9(2)12(13)14-3/h5-6,9H,4,7-8H2,1-3H3. The third-order valence-corrected chi connectivity index (χ3v) is 4.94. The van der Waals surface area contributed by atoms with Crippen LogP contribution in [0.3, 0.4) is 0 Å². The highest BCUT2D eigenvalue weighted by Gasteiger charge is 2.12. The number of hydrogen-bond acceptors (Lipinski definition) is 4. The molecule has 0 spiro atoms. The summed E-state index contributed by atoms with van der Waals surface area (Å²) in [6, 6.07) is 4.36. The monoisotopic (exact) mass is 258 g/mol. The van der Waals surface area contributed by atoms with Gasteiger partial charge in [-0.05, 0) is 18.6 Å². The van der Waals surface area contributed by atoms with Gasteiger partial charge in [0.2, 0.25) is 0 Å². The summed E-state index contributed by atoms with van der Waals surface area (Å²) in [5.74, 6) is 1.69. The molecule has 0 aliphatic heterocycles. The molecule has 0 aliphatic carbocycles. The lowest BCUT2D eigenvalue weighted by atomic mass is 10.2. The van der Waals surface area contributed by atoms with E-state index in [9.17, 15) is 4.79 Å². The van der Waals surface area contributed by atoms with E-state index in [4.69, 9.17) is 0 Å². The number of esters is 1. The molecule has 2 nitrogen and oxygen atoms in total. The molecule has 0 aromatic carbocycles. The van der Waals surface area contributed by atoms with Crippen molar-refractivity contribution in [1.29, 1.82) is 0 Å². The van der Waals surface area contributed by atoms with Crippen LogP contribution in [0.25, 0.3) is 0 Å². The zero-order valence-electron chi connectivity index (χ0n) is 9.99. The minimum atomic E-state index is -0.118. The summed E-state index contributed by atoms with van der Waals surface area (Å²) in [6.07, 6.45) is 1.11. The fourth-order valence-electron chi connectivity index (χ4n) is 1.30. The Balaban J connectivity index is 2.27. The van der Waals surface area contributed by atoms with E-state index in [0.717, 1.165) is 17.9 Å². The van der Waals surface area contributed by atoms with Gasteiger partial charge in [-0.2, -0.15) is 11.8 Å². The molecule has 0 N–H and O–H groups in total. The van der Waals surface area contributed by atoms with Crippen LogP contribution in [0.5, 0.6) is 0 Å². The van der Waals surface area contributed by atoms with Crippen molar-refractivity contribution in [1.82, 2.24) is 0 Å². The van der Waals surface area contributed by atoms with E-state index in [0.29, 0.717) is 0 Å². The summed E-state index contributed by atoms with van der Waals surface area (Å²) in [7, 11) is 1.44. The van der Waals surface area contributed by atoms with Gasteiger partial charge in [0.15, 0.2) is 0 Å². The van der Waals surface area contributed by atoms with Gasteiger partial charge >= 0.3 is 5.97 Å². The Labute approximate surface area is 105 Å². The fraction of sp³-hybridized carbons (Fsp3) is 0.583. The van der Waals surface area contributed by atoms with Crippen LogP contribution in [0.15, 0.2) is 12.1 Å². The Hall–Kier alpha value is -0.480. The molecule has 0 fully saturated rings. The molecular formula is C12H18O2S2. The van der Waals surface area contributed by atoms with E-state index >= 15 is 0 Å². The van der Waals surface area contributed by atoms with Crippen molar-refractivity contribution in [3.05, 3.63) is 21.9 Å². The molecule has 0 bridgehead atoms. The predicted molar refractivity (Wildman–Crippen MR) is 71.0 cm³/mol. The third kappa shape index (κ3) is 4.18. The Bertz CT molecular complexity index is 334. The first kappa shape index (κ1) is 13.6. The molecule has 0 saturated heterocycles. The zero-order valence-corrected chi connectivity index (χ0v) is 11.6. The van der Waals surface area contributed by atoms with Gasteiger partial charge in [0.25, 0.3) is 0 Å². The predicted octanol–water partition coefficient (Wildman–Crippen LogP) is 3.35. The molecule has 16 heavy (non-hydrogen) atoms. The van der Waals surface area contributed by atoms with Crippen LogP contribution in [-0.4, -0.2) is 18.8 Å². The molecule has 0 saturated carbocycles. The first-order valence-electron chi connectivity index (χ1n) is 5.40. The lowest BCUT2D eigenvalue weighted by molar-refractivity contribution is -0.143. The van der Waals surface area contributed by atoms with E-state index in [1.54, 1.807) is 11.8 Å². The fourth-order valence-corrected chi connectivity index (χ4v) is 3.44. The van der Waals surface area contributed by atoms with Gasteiger partial charge in [-0.15, -0.1) is 11.3 Å². The molecule has 4 heteroatoms. The van der Waals surface area contributed by atoms with Crippen molar-refractivity contribution in [2.24, 2.45) is 5.92 Å². The summed E-state index contributed by atoms with van der Waals surface area (Å²) >= 11 is 3.65. The van der Waals surface area contributed by atoms with E-state index in [1.807, 2.05) is 18.3 Å². The normalized spacial score (nSPS) is 12.4. The van der Waals surface area contributed by atoms with Crippen LogP contribution >= 0.6 is 23.1 Å². The van der Waals surface area contributed by atoms with Crippen LogP contribution < -0.4 is 0 Å². The van der Waals surface area contributed by atoms with Gasteiger partial charge in [-0.1, -0.05) is 13.8 Å². The van der Waals surface area contributed by atoms with Crippen LogP contribution in [0, 0.1) is 5.92 Å². The van der Waals surface area contributed by atoms with E-state index in [-0.39, 0.29) is 11.9 Å². The van der Waals surface area contributed by atoms with Gasteiger partial charge in [0.05, 0.1) is 13.0 Å². The highest BCUT2D eigenvalue weighted by atomic mass is 32.2. The molecular weight excluding hydrogens is 240 g/mol. The van der Waals surface area contributed by atoms with Crippen molar-refractivity contribution in [3.8, 4) is 0 Å². The van der Waals surface area contributed by atoms with Crippen LogP contribution in [-0.2, 0) is 21.7 Å². The number of carbonyl (C=O) groups is 1. The number of carbonyl (C=O) groups excluding carboxylic acids is 1. The number of aryl methyl sites for hydroxylation is 1. The van der Waals surface area contributed by atoms with E-state index < -0.39 is 0 Å². The number of hydrogen-bond donors (Lipinski definition) is 0. The molecule has 1 rings (SSSR count). The Morgan fingerprint density at radius 1 is 1.50 bits per heavy atom. The Kier molecular flexibility index (Phi) is 5.91. The van der Waals surface area contributed by atoms with E-state index in [1.165, 1.54) is 16.9 Å². The largest absolute Gasteiger partial charge is 0.469 e. The maximum Gasteiger partial charge on any atom is 0.309 e. The molecule has 1 atom stereocenters. The summed E-state index contributed by atoms with van der Waals surface area (Å²) < 4.78 is 4.69. The van der Waals surface area contributed by atoms with Crippen LogP contribution in [0.1, 0.15) is 23.6 Å². The van der Waals surface area contributed by atoms with Crippen molar-refractivity contribution < 1.29 is 9.53 Å². The van der Waals surface area contributed by atoms with E-state index in [2.05, 4.69) is 23.8 Å². The first-order chi connectivity index (χ1) is 7.67. The lowest BCUT2D eigenvalue weighted by Crippen LogP contribution is -2.14. The summed E-state index contributed by atoms with van der Waals surface area (Å²) in [4.78, 5) is 14.0. The average Bonchev–Trinajstić information content (AvgIpc) is 2.75. The SMILES string of the molecule is CCc1ccc(CSCC(C)C(=O)OC)s1. The zero-order chi connectivity index (χ0) is 12.0. The average molecular weight is 258 g/mol. The maximum atomic E-state index is 11.2. The van der Waals surface area contributed by atoms with Gasteiger partial charge in [-0.25, -0.2) is 0 Å². The number of ether oxygens (including phenoxy) is 1. The number of rotatable bonds is 6. The molecule has 0 radical (unpaired) electrons. The summed E-state index contributed by atoms with van der Waals surface area (Å²) in [5, 5.41) is 0. The van der Waals surface area contributed by atoms with Crippen molar-refractivity contribution in [3.63, 3.8) is 0 Å². The smallest absolute Gasteiger partial charge is 0.309 e.